The van der Waals surface area contributed by atoms with Crippen molar-refractivity contribution < 1.29 is 14.3 Å². The maximum absolute atomic E-state index is 12.8. The highest BCUT2D eigenvalue weighted by molar-refractivity contribution is 5.99. The number of nitrogens with one attached hydrogen (secondary N) is 1. The third kappa shape index (κ3) is 3.23. The molecule has 0 saturated carbocycles. The first-order valence-electron chi connectivity index (χ1n) is 8.28. The van der Waals surface area contributed by atoms with Gasteiger partial charge in [0.2, 0.25) is 11.8 Å². The van der Waals surface area contributed by atoms with Crippen LogP contribution in [0.2, 0.25) is 0 Å². The lowest BCUT2D eigenvalue weighted by atomic mass is 9.87. The Morgan fingerprint density at radius 3 is 2.62 bits per heavy atom. The van der Waals surface area contributed by atoms with Gasteiger partial charge in [0.05, 0.1) is 6.10 Å². The van der Waals surface area contributed by atoms with Gasteiger partial charge in [0.1, 0.15) is 11.6 Å². The molecule has 0 spiro atoms. The van der Waals surface area contributed by atoms with Crippen molar-refractivity contribution in [2.75, 3.05) is 13.2 Å². The second kappa shape index (κ2) is 6.77. The van der Waals surface area contributed by atoms with Gasteiger partial charge in [0.15, 0.2) is 0 Å². The van der Waals surface area contributed by atoms with Crippen LogP contribution in [0.5, 0.6) is 0 Å². The van der Waals surface area contributed by atoms with E-state index >= 15 is 0 Å². The van der Waals surface area contributed by atoms with Crippen LogP contribution in [-0.2, 0) is 14.3 Å². The predicted octanol–water partition coefficient (Wildman–Crippen LogP) is 1.85. The van der Waals surface area contributed by atoms with Crippen molar-refractivity contribution in [2.45, 2.75) is 77.0 Å². The van der Waals surface area contributed by atoms with Crippen molar-refractivity contribution >= 4 is 11.8 Å². The van der Waals surface area contributed by atoms with Crippen molar-refractivity contribution in [1.29, 1.82) is 0 Å². The van der Waals surface area contributed by atoms with Gasteiger partial charge in [-0.2, -0.15) is 0 Å². The van der Waals surface area contributed by atoms with E-state index in [1.165, 1.54) is 0 Å². The van der Waals surface area contributed by atoms with Crippen LogP contribution in [-0.4, -0.2) is 47.6 Å². The van der Waals surface area contributed by atoms with Gasteiger partial charge in [-0.1, -0.05) is 13.8 Å². The van der Waals surface area contributed by atoms with Gasteiger partial charge in [-0.15, -0.1) is 0 Å². The van der Waals surface area contributed by atoms with Gasteiger partial charge in [-0.3, -0.25) is 9.59 Å². The molecule has 5 heteroatoms. The van der Waals surface area contributed by atoms with Gasteiger partial charge in [0, 0.05) is 13.2 Å². The van der Waals surface area contributed by atoms with E-state index in [1.54, 1.807) is 4.90 Å². The Morgan fingerprint density at radius 2 is 2.05 bits per heavy atom. The number of ether oxygens (including phenoxy) is 1. The Bertz CT molecular complexity index is 387. The number of hydrogen-bond donors (Lipinski definition) is 1. The summed E-state index contributed by atoms with van der Waals surface area (Å²) in [6.07, 6.45) is 5.77. The van der Waals surface area contributed by atoms with E-state index in [-0.39, 0.29) is 17.9 Å². The van der Waals surface area contributed by atoms with Crippen LogP contribution in [0.15, 0.2) is 0 Å². The zero-order valence-electron chi connectivity index (χ0n) is 13.5. The molecule has 21 heavy (non-hydrogen) atoms. The minimum atomic E-state index is -0.701. The van der Waals surface area contributed by atoms with Gasteiger partial charge >= 0.3 is 0 Å². The number of carbonyl (C=O) groups excluding carboxylic acids is 2. The van der Waals surface area contributed by atoms with Crippen molar-refractivity contribution in [1.82, 2.24) is 10.2 Å². The highest BCUT2D eigenvalue weighted by Gasteiger charge is 2.47. The Hall–Kier alpha value is -1.10. The van der Waals surface area contributed by atoms with Gasteiger partial charge < -0.3 is 15.0 Å². The zero-order chi connectivity index (χ0) is 15.5. The molecule has 2 aliphatic rings. The number of nitrogens with zero attached hydrogens (tertiary/aromatic N) is 1. The molecule has 0 radical (unpaired) electrons. The Labute approximate surface area is 127 Å². The molecule has 2 aliphatic heterocycles. The van der Waals surface area contributed by atoms with E-state index in [0.29, 0.717) is 25.5 Å². The number of carbonyl (C=O) groups is 2. The Kier molecular flexibility index (Phi) is 5.25. The van der Waals surface area contributed by atoms with Gasteiger partial charge in [-0.05, 0) is 45.4 Å². The highest BCUT2D eigenvalue weighted by Crippen LogP contribution is 2.26. The fourth-order valence-electron chi connectivity index (χ4n) is 3.37. The Balaban J connectivity index is 1.97. The largest absolute Gasteiger partial charge is 0.378 e. The third-order valence-corrected chi connectivity index (χ3v) is 5.04. The summed E-state index contributed by atoms with van der Waals surface area (Å²) < 4.78 is 5.62. The monoisotopic (exact) mass is 296 g/mol. The quantitative estimate of drug-likeness (QED) is 0.814. The van der Waals surface area contributed by atoms with Gasteiger partial charge in [0.25, 0.3) is 0 Å². The first kappa shape index (κ1) is 16.3. The molecule has 2 fully saturated rings. The molecule has 2 rings (SSSR count). The predicted molar refractivity (Wildman–Crippen MR) is 80.8 cm³/mol. The maximum atomic E-state index is 12.8. The molecule has 2 saturated heterocycles. The molecule has 2 amide bonds. The molecule has 0 aliphatic carbocycles. The van der Waals surface area contributed by atoms with Crippen LogP contribution in [0.3, 0.4) is 0 Å². The summed E-state index contributed by atoms with van der Waals surface area (Å²) in [6, 6.07) is -0.367. The summed E-state index contributed by atoms with van der Waals surface area (Å²) in [4.78, 5) is 26.7. The lowest BCUT2D eigenvalue weighted by Gasteiger charge is -2.44. The van der Waals surface area contributed by atoms with E-state index < -0.39 is 5.54 Å². The normalized spacial score (nSPS) is 28.8. The first-order chi connectivity index (χ1) is 10.0. The molecule has 0 aromatic carbocycles. The molecule has 0 aromatic heterocycles. The lowest BCUT2D eigenvalue weighted by molar-refractivity contribution is -0.154. The van der Waals surface area contributed by atoms with Crippen molar-refractivity contribution in [3.63, 3.8) is 0 Å². The molecule has 1 N–H and O–H groups in total. The van der Waals surface area contributed by atoms with Crippen LogP contribution in [0, 0.1) is 0 Å². The summed E-state index contributed by atoms with van der Waals surface area (Å²) in [5.41, 5.74) is -0.701. The van der Waals surface area contributed by atoms with Crippen LogP contribution < -0.4 is 5.32 Å². The molecular formula is C16H28N2O3. The molecule has 0 aromatic rings. The van der Waals surface area contributed by atoms with Gasteiger partial charge in [-0.25, -0.2) is 0 Å². The molecule has 120 valence electrons. The fourth-order valence-corrected chi connectivity index (χ4v) is 3.37. The summed E-state index contributed by atoms with van der Waals surface area (Å²) in [7, 11) is 0. The minimum Gasteiger partial charge on any atom is -0.378 e. The van der Waals surface area contributed by atoms with E-state index in [9.17, 15) is 9.59 Å². The summed E-state index contributed by atoms with van der Waals surface area (Å²) in [5, 5.41) is 2.94. The van der Waals surface area contributed by atoms with Crippen molar-refractivity contribution in [3.05, 3.63) is 0 Å². The lowest BCUT2D eigenvalue weighted by Crippen LogP contribution is -2.69. The zero-order valence-corrected chi connectivity index (χ0v) is 13.5. The average molecular weight is 296 g/mol. The van der Waals surface area contributed by atoms with Crippen molar-refractivity contribution in [2.24, 2.45) is 0 Å². The number of rotatable bonds is 6. The highest BCUT2D eigenvalue weighted by atomic mass is 16.5. The number of amides is 2. The smallest absolute Gasteiger partial charge is 0.248 e. The maximum Gasteiger partial charge on any atom is 0.248 e. The van der Waals surface area contributed by atoms with E-state index in [0.717, 1.165) is 32.3 Å². The second-order valence-electron chi connectivity index (χ2n) is 6.23. The van der Waals surface area contributed by atoms with Crippen LogP contribution in [0.25, 0.3) is 0 Å². The molecular weight excluding hydrogens is 268 g/mol. The van der Waals surface area contributed by atoms with E-state index in [2.05, 4.69) is 5.32 Å². The number of hydrogen-bond acceptors (Lipinski definition) is 3. The van der Waals surface area contributed by atoms with Crippen LogP contribution in [0.4, 0.5) is 0 Å². The summed E-state index contributed by atoms with van der Waals surface area (Å²) in [5.74, 6) is 0.0438. The molecule has 2 unspecified atom stereocenters. The summed E-state index contributed by atoms with van der Waals surface area (Å²) in [6.45, 7) is 7.24. The van der Waals surface area contributed by atoms with Crippen molar-refractivity contribution in [3.8, 4) is 0 Å². The molecule has 0 bridgehead atoms. The van der Waals surface area contributed by atoms with E-state index in [4.69, 9.17) is 4.74 Å². The Morgan fingerprint density at radius 1 is 1.33 bits per heavy atom. The van der Waals surface area contributed by atoms with Crippen LogP contribution >= 0.6 is 0 Å². The standard InChI is InChI=1S/C16H28N2O3/c1-4-16(5-2)15(20)18(12(3)14(19)17-16)10-6-8-13-9-7-11-21-13/h12-13H,4-11H2,1-3H3,(H,17,19). The second-order valence-corrected chi connectivity index (χ2v) is 6.23. The van der Waals surface area contributed by atoms with Crippen LogP contribution in [0.1, 0.15) is 59.3 Å². The number of piperazine rings is 1. The topological polar surface area (TPSA) is 58.6 Å². The fraction of sp³-hybridized carbons (Fsp3) is 0.875. The van der Waals surface area contributed by atoms with E-state index in [1.807, 2.05) is 20.8 Å². The third-order valence-electron chi connectivity index (χ3n) is 5.04. The molecule has 2 heterocycles. The first-order valence-corrected chi connectivity index (χ1v) is 8.28. The average Bonchev–Trinajstić information content (AvgIpc) is 3.00. The molecule has 5 nitrogen and oxygen atoms in total. The molecule has 2 atom stereocenters. The minimum absolute atomic E-state index is 0.0320. The summed E-state index contributed by atoms with van der Waals surface area (Å²) >= 11 is 0. The SMILES string of the molecule is CCC1(CC)NC(=O)C(C)N(CCCC2CCCO2)C1=O.